The van der Waals surface area contributed by atoms with Crippen LogP contribution in [0.3, 0.4) is 0 Å². The number of hydrogen-bond donors (Lipinski definition) is 1. The van der Waals surface area contributed by atoms with Crippen molar-refractivity contribution in [1.82, 2.24) is 4.90 Å². The summed E-state index contributed by atoms with van der Waals surface area (Å²) >= 11 is 0. The van der Waals surface area contributed by atoms with E-state index in [1.165, 1.54) is 7.11 Å². The van der Waals surface area contributed by atoms with E-state index in [2.05, 4.69) is 6.92 Å². The van der Waals surface area contributed by atoms with Crippen LogP contribution >= 0.6 is 0 Å². The molecule has 6 nitrogen and oxygen atoms in total. The molecule has 2 rings (SSSR count). The fourth-order valence-electron chi connectivity index (χ4n) is 2.79. The second-order valence-electron chi connectivity index (χ2n) is 6.00. The van der Waals surface area contributed by atoms with Gasteiger partial charge in [0.1, 0.15) is 0 Å². The first-order valence-corrected chi connectivity index (χ1v) is 8.39. The number of amides is 1. The largest absolute Gasteiger partial charge is 0.493 e. The second kappa shape index (κ2) is 8.57. The number of methoxy groups -OCH3 is 1. The number of benzene rings is 1. The van der Waals surface area contributed by atoms with E-state index >= 15 is 0 Å². The number of likely N-dealkylation sites (tertiary alicyclic amines) is 1. The predicted molar refractivity (Wildman–Crippen MR) is 89.7 cm³/mol. The summed E-state index contributed by atoms with van der Waals surface area (Å²) in [6.45, 7) is 3.53. The van der Waals surface area contributed by atoms with Gasteiger partial charge in [0.05, 0.1) is 19.6 Å². The lowest BCUT2D eigenvalue weighted by atomic mass is 9.97. The van der Waals surface area contributed by atoms with Gasteiger partial charge in [0, 0.05) is 18.7 Å². The standard InChI is InChI=1S/C18H25NO5/c1-3-4-10-24-15-8-7-13(11-16(15)23-2)17(20)19-9-5-6-14(12-19)18(21)22/h7-8,11,14H,3-6,9-10,12H2,1-2H3,(H,21,22). The number of aliphatic carboxylic acids is 1. The van der Waals surface area contributed by atoms with Crippen molar-refractivity contribution in [2.75, 3.05) is 26.8 Å². The Hall–Kier alpha value is -2.24. The van der Waals surface area contributed by atoms with Gasteiger partial charge >= 0.3 is 5.97 Å². The minimum atomic E-state index is -0.843. The maximum absolute atomic E-state index is 12.6. The van der Waals surface area contributed by atoms with Gasteiger partial charge in [-0.1, -0.05) is 13.3 Å². The Bertz CT molecular complexity index is 587. The Morgan fingerprint density at radius 3 is 2.79 bits per heavy atom. The second-order valence-corrected chi connectivity index (χ2v) is 6.00. The SMILES string of the molecule is CCCCOc1ccc(C(=O)N2CCCC(C(=O)O)C2)cc1OC. The molecule has 0 spiro atoms. The summed E-state index contributed by atoms with van der Waals surface area (Å²) in [6, 6.07) is 5.10. The third kappa shape index (κ3) is 4.40. The van der Waals surface area contributed by atoms with Gasteiger partial charge in [0.2, 0.25) is 0 Å². The first-order valence-electron chi connectivity index (χ1n) is 8.39. The third-order valence-electron chi connectivity index (χ3n) is 4.22. The van der Waals surface area contributed by atoms with Crippen LogP contribution in [0.4, 0.5) is 0 Å². The van der Waals surface area contributed by atoms with Gasteiger partial charge in [-0.05, 0) is 37.5 Å². The molecule has 1 heterocycles. The van der Waals surface area contributed by atoms with Crippen LogP contribution < -0.4 is 9.47 Å². The fourth-order valence-corrected chi connectivity index (χ4v) is 2.79. The van der Waals surface area contributed by atoms with Crippen molar-refractivity contribution in [1.29, 1.82) is 0 Å². The lowest BCUT2D eigenvalue weighted by Crippen LogP contribution is -2.42. The number of piperidine rings is 1. The molecule has 1 fully saturated rings. The highest BCUT2D eigenvalue weighted by molar-refractivity contribution is 5.95. The molecule has 0 aromatic heterocycles. The molecule has 1 aliphatic heterocycles. The zero-order valence-electron chi connectivity index (χ0n) is 14.3. The van der Waals surface area contributed by atoms with Gasteiger partial charge in [0.25, 0.3) is 5.91 Å². The van der Waals surface area contributed by atoms with Gasteiger partial charge in [-0.15, -0.1) is 0 Å². The molecule has 0 aliphatic carbocycles. The molecule has 24 heavy (non-hydrogen) atoms. The number of carbonyl (C=O) groups excluding carboxylic acids is 1. The van der Waals surface area contributed by atoms with Crippen molar-refractivity contribution in [2.45, 2.75) is 32.6 Å². The van der Waals surface area contributed by atoms with Crippen molar-refractivity contribution < 1.29 is 24.2 Å². The smallest absolute Gasteiger partial charge is 0.308 e. The van der Waals surface area contributed by atoms with Crippen LogP contribution in [-0.2, 0) is 4.79 Å². The van der Waals surface area contributed by atoms with Crippen molar-refractivity contribution in [2.24, 2.45) is 5.92 Å². The van der Waals surface area contributed by atoms with Gasteiger partial charge in [-0.25, -0.2) is 0 Å². The molecule has 1 aliphatic rings. The molecule has 1 unspecified atom stereocenters. The molecular weight excluding hydrogens is 310 g/mol. The molecule has 1 aromatic carbocycles. The summed E-state index contributed by atoms with van der Waals surface area (Å²) in [5.41, 5.74) is 0.487. The predicted octanol–water partition coefficient (Wildman–Crippen LogP) is 2.81. The first kappa shape index (κ1) is 18.1. The molecule has 132 valence electrons. The molecule has 1 amide bonds. The number of ether oxygens (including phenoxy) is 2. The number of nitrogens with zero attached hydrogens (tertiary/aromatic N) is 1. The van der Waals surface area contributed by atoms with Crippen LogP contribution in [0, 0.1) is 5.92 Å². The highest BCUT2D eigenvalue weighted by atomic mass is 16.5. The van der Waals surface area contributed by atoms with Crippen LogP contribution in [0.15, 0.2) is 18.2 Å². The molecule has 0 saturated carbocycles. The molecule has 1 aromatic rings. The van der Waals surface area contributed by atoms with Crippen LogP contribution in [-0.4, -0.2) is 48.7 Å². The van der Waals surface area contributed by atoms with Crippen LogP contribution in [0.2, 0.25) is 0 Å². The van der Waals surface area contributed by atoms with E-state index in [1.54, 1.807) is 23.1 Å². The Kier molecular flexibility index (Phi) is 6.46. The van der Waals surface area contributed by atoms with Crippen molar-refractivity contribution in [3.8, 4) is 11.5 Å². The van der Waals surface area contributed by atoms with Crippen molar-refractivity contribution in [3.63, 3.8) is 0 Å². The Balaban J connectivity index is 2.10. The summed E-state index contributed by atoms with van der Waals surface area (Å²) in [7, 11) is 1.54. The third-order valence-corrected chi connectivity index (χ3v) is 4.22. The molecule has 6 heteroatoms. The fraction of sp³-hybridized carbons (Fsp3) is 0.556. The molecule has 0 bridgehead atoms. The zero-order chi connectivity index (χ0) is 17.5. The highest BCUT2D eigenvalue weighted by Crippen LogP contribution is 2.29. The lowest BCUT2D eigenvalue weighted by Gasteiger charge is -2.30. The Labute approximate surface area is 142 Å². The average Bonchev–Trinajstić information content (AvgIpc) is 2.61. The van der Waals surface area contributed by atoms with Crippen LogP contribution in [0.1, 0.15) is 43.0 Å². The number of carboxylic acid groups (broad SMARTS) is 1. The van der Waals surface area contributed by atoms with E-state index < -0.39 is 11.9 Å². The normalized spacial score (nSPS) is 17.4. The van der Waals surface area contributed by atoms with Gasteiger partial charge in [-0.3, -0.25) is 9.59 Å². The molecule has 1 N–H and O–H groups in total. The maximum atomic E-state index is 12.6. The van der Waals surface area contributed by atoms with Crippen molar-refractivity contribution in [3.05, 3.63) is 23.8 Å². The Morgan fingerprint density at radius 2 is 2.12 bits per heavy atom. The minimum Gasteiger partial charge on any atom is -0.493 e. The topological polar surface area (TPSA) is 76.1 Å². The van der Waals surface area contributed by atoms with Gasteiger partial charge in [0.15, 0.2) is 11.5 Å². The van der Waals surface area contributed by atoms with E-state index in [0.29, 0.717) is 43.1 Å². The van der Waals surface area contributed by atoms with E-state index in [0.717, 1.165) is 12.8 Å². The quantitative estimate of drug-likeness (QED) is 0.776. The summed E-state index contributed by atoms with van der Waals surface area (Å²) in [5, 5.41) is 9.16. The summed E-state index contributed by atoms with van der Waals surface area (Å²) in [6.07, 6.45) is 3.32. The van der Waals surface area contributed by atoms with E-state index in [1.807, 2.05) is 0 Å². The number of rotatable bonds is 7. The summed E-state index contributed by atoms with van der Waals surface area (Å²) in [4.78, 5) is 25.4. The number of carbonyl (C=O) groups is 2. The summed E-state index contributed by atoms with van der Waals surface area (Å²) < 4.78 is 11.0. The van der Waals surface area contributed by atoms with E-state index in [9.17, 15) is 9.59 Å². The van der Waals surface area contributed by atoms with E-state index in [-0.39, 0.29) is 12.5 Å². The van der Waals surface area contributed by atoms with Crippen molar-refractivity contribution >= 4 is 11.9 Å². The van der Waals surface area contributed by atoms with E-state index in [4.69, 9.17) is 14.6 Å². The van der Waals surface area contributed by atoms with Gasteiger partial charge in [-0.2, -0.15) is 0 Å². The average molecular weight is 335 g/mol. The zero-order valence-corrected chi connectivity index (χ0v) is 14.3. The molecule has 0 radical (unpaired) electrons. The van der Waals surface area contributed by atoms with Crippen LogP contribution in [0.25, 0.3) is 0 Å². The number of hydrogen-bond acceptors (Lipinski definition) is 4. The lowest BCUT2D eigenvalue weighted by molar-refractivity contribution is -0.143. The number of carboxylic acids is 1. The number of unbranched alkanes of at least 4 members (excludes halogenated alkanes) is 1. The first-order chi connectivity index (χ1) is 11.6. The van der Waals surface area contributed by atoms with Gasteiger partial charge < -0.3 is 19.5 Å². The molecular formula is C18H25NO5. The monoisotopic (exact) mass is 335 g/mol. The minimum absolute atomic E-state index is 0.167. The highest BCUT2D eigenvalue weighted by Gasteiger charge is 2.29. The molecule has 1 saturated heterocycles. The Morgan fingerprint density at radius 1 is 1.33 bits per heavy atom. The summed E-state index contributed by atoms with van der Waals surface area (Å²) in [5.74, 6) is -0.362. The molecule has 1 atom stereocenters. The van der Waals surface area contributed by atoms with Crippen LogP contribution in [0.5, 0.6) is 11.5 Å². The maximum Gasteiger partial charge on any atom is 0.308 e.